The molecule has 18 heavy (non-hydrogen) atoms. The van der Waals surface area contributed by atoms with E-state index < -0.39 is 0 Å². The molecule has 0 saturated heterocycles. The summed E-state index contributed by atoms with van der Waals surface area (Å²) in [4.78, 5) is 16.4. The summed E-state index contributed by atoms with van der Waals surface area (Å²) in [6.45, 7) is 7.82. The number of carbonyl (C=O) groups excluding carboxylic acids is 1. The minimum absolute atomic E-state index is 0.0372. The zero-order valence-electron chi connectivity index (χ0n) is 11.0. The summed E-state index contributed by atoms with van der Waals surface area (Å²) in [6.07, 6.45) is 0. The first-order chi connectivity index (χ1) is 8.29. The van der Waals surface area contributed by atoms with Crippen molar-refractivity contribution in [1.82, 2.24) is 4.98 Å². The molecule has 2 aromatic rings. The Balaban J connectivity index is 2.83. The lowest BCUT2D eigenvalue weighted by atomic mass is 9.89. The Morgan fingerprint density at radius 1 is 1.22 bits per heavy atom. The van der Waals surface area contributed by atoms with Gasteiger partial charge in [-0.25, -0.2) is 0 Å². The van der Waals surface area contributed by atoms with E-state index in [1.165, 1.54) is 0 Å². The molecule has 0 atom stereocenters. The first kappa shape index (κ1) is 13.0. The van der Waals surface area contributed by atoms with Gasteiger partial charge in [-0.05, 0) is 31.2 Å². The second kappa shape index (κ2) is 4.36. The van der Waals surface area contributed by atoms with Crippen LogP contribution in [0.5, 0.6) is 0 Å². The second-order valence-corrected chi connectivity index (χ2v) is 5.96. The Morgan fingerprint density at radius 2 is 1.89 bits per heavy atom. The van der Waals surface area contributed by atoms with E-state index in [0.717, 1.165) is 16.6 Å². The van der Waals surface area contributed by atoms with Crippen molar-refractivity contribution in [2.75, 3.05) is 0 Å². The smallest absolute Gasteiger partial charge is 0.160 e. The van der Waals surface area contributed by atoms with Crippen LogP contribution in [0.3, 0.4) is 0 Å². The number of benzene rings is 1. The molecule has 0 unspecified atom stereocenters. The van der Waals surface area contributed by atoms with E-state index in [0.29, 0.717) is 10.6 Å². The topological polar surface area (TPSA) is 30.0 Å². The van der Waals surface area contributed by atoms with Gasteiger partial charge in [0.25, 0.3) is 0 Å². The van der Waals surface area contributed by atoms with Crippen molar-refractivity contribution in [3.63, 3.8) is 0 Å². The predicted molar refractivity (Wildman–Crippen MR) is 75.5 cm³/mol. The Labute approximate surface area is 112 Å². The lowest BCUT2D eigenvalue weighted by Gasteiger charge is -2.19. The Kier molecular flexibility index (Phi) is 3.16. The van der Waals surface area contributed by atoms with Crippen molar-refractivity contribution in [3.8, 4) is 0 Å². The maximum atomic E-state index is 11.8. The highest BCUT2D eigenvalue weighted by atomic mass is 35.5. The minimum Gasteiger partial charge on any atom is -0.294 e. The maximum Gasteiger partial charge on any atom is 0.160 e. The molecule has 0 aliphatic heterocycles. The molecule has 0 bridgehead atoms. The lowest BCUT2D eigenvalue weighted by Crippen LogP contribution is -2.15. The lowest BCUT2D eigenvalue weighted by molar-refractivity contribution is 0.101. The van der Waals surface area contributed by atoms with E-state index >= 15 is 0 Å². The zero-order valence-corrected chi connectivity index (χ0v) is 11.8. The summed E-state index contributed by atoms with van der Waals surface area (Å²) in [6, 6.07) is 7.33. The molecule has 0 spiro atoms. The van der Waals surface area contributed by atoms with Gasteiger partial charge in [0, 0.05) is 27.1 Å². The normalized spacial score (nSPS) is 11.8. The predicted octanol–water partition coefficient (Wildman–Crippen LogP) is 4.39. The Hall–Kier alpha value is -1.41. The number of halogens is 1. The number of rotatable bonds is 1. The molecule has 3 heteroatoms. The zero-order chi connectivity index (χ0) is 13.5. The fraction of sp³-hybridized carbons (Fsp3) is 0.333. The van der Waals surface area contributed by atoms with Crippen LogP contribution < -0.4 is 0 Å². The molecule has 0 amide bonds. The summed E-state index contributed by atoms with van der Waals surface area (Å²) in [7, 11) is 0. The standard InChI is InChI=1S/C15H16ClNO/c1-9(18)11-8-14(15(2,3)4)17-13-6-5-10(16)7-12(11)13/h5-8H,1-4H3. The fourth-order valence-electron chi connectivity index (χ4n) is 1.87. The SMILES string of the molecule is CC(=O)c1cc(C(C)(C)C)nc2ccc(Cl)cc12. The van der Waals surface area contributed by atoms with Gasteiger partial charge in [-0.1, -0.05) is 32.4 Å². The van der Waals surface area contributed by atoms with E-state index in [1.807, 2.05) is 12.1 Å². The quantitative estimate of drug-likeness (QED) is 0.713. The van der Waals surface area contributed by atoms with E-state index in [9.17, 15) is 4.79 Å². The number of carbonyl (C=O) groups is 1. The van der Waals surface area contributed by atoms with E-state index in [2.05, 4.69) is 25.8 Å². The summed E-state index contributed by atoms with van der Waals surface area (Å²) in [5, 5.41) is 1.44. The van der Waals surface area contributed by atoms with Crippen molar-refractivity contribution >= 4 is 28.3 Å². The number of fused-ring (bicyclic) bond motifs is 1. The Morgan fingerprint density at radius 3 is 2.44 bits per heavy atom. The van der Waals surface area contributed by atoms with Crippen molar-refractivity contribution < 1.29 is 4.79 Å². The summed E-state index contributed by atoms with van der Waals surface area (Å²) in [5.41, 5.74) is 2.34. The van der Waals surface area contributed by atoms with E-state index in [4.69, 9.17) is 11.6 Å². The molecule has 0 aliphatic carbocycles. The van der Waals surface area contributed by atoms with Crippen LogP contribution >= 0.6 is 11.6 Å². The molecular formula is C15H16ClNO. The molecular weight excluding hydrogens is 246 g/mol. The van der Waals surface area contributed by atoms with Crippen LogP contribution in [-0.2, 0) is 5.41 Å². The minimum atomic E-state index is -0.0853. The van der Waals surface area contributed by atoms with Gasteiger partial charge in [-0.2, -0.15) is 0 Å². The van der Waals surface area contributed by atoms with Gasteiger partial charge >= 0.3 is 0 Å². The molecule has 0 N–H and O–H groups in total. The van der Waals surface area contributed by atoms with Crippen molar-refractivity contribution in [2.45, 2.75) is 33.1 Å². The number of pyridine rings is 1. The number of ketones is 1. The first-order valence-corrected chi connectivity index (χ1v) is 6.28. The molecule has 0 saturated carbocycles. The highest BCUT2D eigenvalue weighted by Gasteiger charge is 2.19. The highest BCUT2D eigenvalue weighted by molar-refractivity contribution is 6.31. The van der Waals surface area contributed by atoms with Crippen molar-refractivity contribution in [2.24, 2.45) is 0 Å². The molecule has 2 nitrogen and oxygen atoms in total. The molecule has 0 fully saturated rings. The van der Waals surface area contributed by atoms with Gasteiger partial charge in [-0.15, -0.1) is 0 Å². The van der Waals surface area contributed by atoms with Gasteiger partial charge in [0.15, 0.2) is 5.78 Å². The van der Waals surface area contributed by atoms with Crippen molar-refractivity contribution in [3.05, 3.63) is 40.5 Å². The van der Waals surface area contributed by atoms with Crippen LogP contribution in [0.15, 0.2) is 24.3 Å². The molecule has 0 aliphatic rings. The third-order valence-corrected chi connectivity index (χ3v) is 3.15. The summed E-state index contributed by atoms with van der Waals surface area (Å²) in [5.74, 6) is 0.0372. The van der Waals surface area contributed by atoms with Crippen LogP contribution in [-0.4, -0.2) is 10.8 Å². The summed E-state index contributed by atoms with van der Waals surface area (Å²) >= 11 is 5.99. The molecule has 94 valence electrons. The third-order valence-electron chi connectivity index (χ3n) is 2.92. The molecule has 2 rings (SSSR count). The van der Waals surface area contributed by atoms with Gasteiger partial charge in [-0.3, -0.25) is 9.78 Å². The van der Waals surface area contributed by atoms with Gasteiger partial charge < -0.3 is 0 Å². The number of Topliss-reactive ketones (excluding diaryl/α,β-unsaturated/α-hetero) is 1. The Bertz CT molecular complexity index is 626. The number of hydrogen-bond donors (Lipinski definition) is 0. The largest absolute Gasteiger partial charge is 0.294 e. The number of aromatic nitrogens is 1. The average molecular weight is 262 g/mol. The fourth-order valence-corrected chi connectivity index (χ4v) is 2.05. The van der Waals surface area contributed by atoms with Crippen LogP contribution in [0, 0.1) is 0 Å². The first-order valence-electron chi connectivity index (χ1n) is 5.91. The molecule has 0 radical (unpaired) electrons. The van der Waals surface area contributed by atoms with E-state index in [-0.39, 0.29) is 11.2 Å². The molecule has 1 aromatic carbocycles. The van der Waals surface area contributed by atoms with Crippen LogP contribution in [0.25, 0.3) is 10.9 Å². The van der Waals surface area contributed by atoms with Crippen molar-refractivity contribution in [1.29, 1.82) is 0 Å². The highest BCUT2D eigenvalue weighted by Crippen LogP contribution is 2.28. The molecule has 1 heterocycles. The second-order valence-electron chi connectivity index (χ2n) is 5.52. The van der Waals surface area contributed by atoms with Gasteiger partial charge in [0.05, 0.1) is 5.52 Å². The molecule has 1 aromatic heterocycles. The average Bonchev–Trinajstić information content (AvgIpc) is 2.25. The maximum absolute atomic E-state index is 11.8. The van der Waals surface area contributed by atoms with Crippen LogP contribution in [0.4, 0.5) is 0 Å². The monoisotopic (exact) mass is 261 g/mol. The van der Waals surface area contributed by atoms with Gasteiger partial charge in [0.1, 0.15) is 0 Å². The van der Waals surface area contributed by atoms with Crippen LogP contribution in [0.2, 0.25) is 5.02 Å². The third kappa shape index (κ3) is 2.39. The van der Waals surface area contributed by atoms with Gasteiger partial charge in [0.2, 0.25) is 0 Å². The van der Waals surface area contributed by atoms with Crippen LogP contribution in [0.1, 0.15) is 43.7 Å². The number of nitrogens with zero attached hydrogens (tertiary/aromatic N) is 1. The summed E-state index contributed by atoms with van der Waals surface area (Å²) < 4.78 is 0. The number of hydrogen-bond acceptors (Lipinski definition) is 2. The van der Waals surface area contributed by atoms with E-state index in [1.54, 1.807) is 19.1 Å².